The van der Waals surface area contributed by atoms with Crippen LogP contribution in [0.3, 0.4) is 0 Å². The van der Waals surface area contributed by atoms with Gasteiger partial charge in [0.25, 0.3) is 5.91 Å². The lowest BCUT2D eigenvalue weighted by Crippen LogP contribution is -2.26. The maximum atomic E-state index is 12.0. The fraction of sp³-hybridized carbons (Fsp3) is 0.462. The predicted octanol–water partition coefficient (Wildman–Crippen LogP) is 3.36. The Balaban J connectivity index is 2.70. The van der Waals surface area contributed by atoms with E-state index in [1.807, 2.05) is 36.8 Å². The fourth-order valence-electron chi connectivity index (χ4n) is 1.53. The number of amides is 1. The van der Waals surface area contributed by atoms with Crippen LogP contribution in [0.1, 0.15) is 37.7 Å². The zero-order valence-electron chi connectivity index (χ0n) is 10.6. The molecular weight excluding hydrogens is 280 g/mol. The fourth-order valence-corrected chi connectivity index (χ4v) is 1.99. The van der Waals surface area contributed by atoms with Crippen molar-refractivity contribution in [1.29, 1.82) is 0 Å². The summed E-state index contributed by atoms with van der Waals surface area (Å²) in [5, 5.41) is 2.89. The third-order valence-electron chi connectivity index (χ3n) is 2.33. The maximum absolute atomic E-state index is 12.0. The predicted molar refractivity (Wildman–Crippen MR) is 74.2 cm³/mol. The van der Waals surface area contributed by atoms with Crippen LogP contribution in [0.25, 0.3) is 0 Å². The maximum Gasteiger partial charge on any atom is 0.268 e. The largest absolute Gasteiger partial charge is 0.347 e. The summed E-state index contributed by atoms with van der Waals surface area (Å²) >= 11 is 3.40. The number of nitrogens with zero attached hydrogens (tertiary/aromatic N) is 1. The molecule has 0 unspecified atom stereocenters. The minimum absolute atomic E-state index is 0.0262. The van der Waals surface area contributed by atoms with Crippen molar-refractivity contribution in [3.05, 3.63) is 34.1 Å². The molecule has 1 heterocycles. The highest BCUT2D eigenvalue weighted by molar-refractivity contribution is 9.10. The van der Waals surface area contributed by atoms with Gasteiger partial charge in [0.05, 0.1) is 0 Å². The minimum Gasteiger partial charge on any atom is -0.347 e. The van der Waals surface area contributed by atoms with Crippen molar-refractivity contribution in [2.75, 3.05) is 6.54 Å². The third kappa shape index (κ3) is 4.38. The van der Waals surface area contributed by atoms with Gasteiger partial charge in [0, 0.05) is 23.8 Å². The molecule has 1 amide bonds. The summed E-state index contributed by atoms with van der Waals surface area (Å²) in [6.45, 7) is 7.57. The number of nitrogens with one attached hydrogen (secondary N) is 1. The van der Waals surface area contributed by atoms with Crippen molar-refractivity contribution >= 4 is 21.8 Å². The van der Waals surface area contributed by atoms with Gasteiger partial charge in [0.2, 0.25) is 0 Å². The average molecular weight is 299 g/mol. The molecule has 4 heteroatoms. The average Bonchev–Trinajstić information content (AvgIpc) is 2.59. The minimum atomic E-state index is -0.0262. The molecule has 0 aliphatic rings. The highest BCUT2D eigenvalue weighted by Gasteiger charge is 2.11. The lowest BCUT2D eigenvalue weighted by atomic mass is 10.3. The van der Waals surface area contributed by atoms with Gasteiger partial charge < -0.3 is 9.88 Å². The number of aryl methyl sites for hydroxylation is 1. The highest BCUT2D eigenvalue weighted by Crippen LogP contribution is 2.15. The van der Waals surface area contributed by atoms with Gasteiger partial charge in [-0.05, 0) is 42.3 Å². The molecule has 17 heavy (non-hydrogen) atoms. The lowest BCUT2D eigenvalue weighted by molar-refractivity contribution is 0.0948. The molecule has 1 aromatic heterocycles. The van der Waals surface area contributed by atoms with Gasteiger partial charge in [0.15, 0.2) is 0 Å². The first kappa shape index (κ1) is 14.0. The van der Waals surface area contributed by atoms with E-state index in [9.17, 15) is 4.79 Å². The standard InChI is InChI=1S/C13H19BrN2O/c1-4-7-16-9-11(14)8-12(16)13(17)15-6-5-10(2)3/h5,8-9H,4,6-7H2,1-3H3,(H,15,17). The Bertz CT molecular complexity index is 417. The number of hydrogen-bond acceptors (Lipinski definition) is 1. The molecule has 1 N–H and O–H groups in total. The summed E-state index contributed by atoms with van der Waals surface area (Å²) in [6, 6.07) is 1.85. The second kappa shape index (κ2) is 6.64. The van der Waals surface area contributed by atoms with Crippen molar-refractivity contribution in [1.82, 2.24) is 9.88 Å². The quantitative estimate of drug-likeness (QED) is 0.831. The summed E-state index contributed by atoms with van der Waals surface area (Å²) in [4.78, 5) is 12.0. The van der Waals surface area contributed by atoms with Gasteiger partial charge in [-0.15, -0.1) is 0 Å². The van der Waals surface area contributed by atoms with Crippen molar-refractivity contribution in [2.45, 2.75) is 33.7 Å². The van der Waals surface area contributed by atoms with Crippen molar-refractivity contribution in [2.24, 2.45) is 0 Å². The topological polar surface area (TPSA) is 34.0 Å². The molecule has 0 spiro atoms. The molecule has 0 aliphatic heterocycles. The van der Waals surface area contributed by atoms with E-state index in [4.69, 9.17) is 0 Å². The molecule has 0 saturated heterocycles. The van der Waals surface area contributed by atoms with E-state index >= 15 is 0 Å². The Morgan fingerprint density at radius 3 is 2.82 bits per heavy atom. The molecule has 0 atom stereocenters. The van der Waals surface area contributed by atoms with Crippen LogP contribution in [0.5, 0.6) is 0 Å². The summed E-state index contributed by atoms with van der Waals surface area (Å²) in [7, 11) is 0. The van der Waals surface area contributed by atoms with E-state index in [0.29, 0.717) is 12.2 Å². The number of rotatable bonds is 5. The number of carbonyl (C=O) groups is 1. The van der Waals surface area contributed by atoms with Crippen LogP contribution in [-0.2, 0) is 6.54 Å². The molecule has 0 fully saturated rings. The number of aromatic nitrogens is 1. The summed E-state index contributed by atoms with van der Waals surface area (Å²) < 4.78 is 2.92. The Morgan fingerprint density at radius 2 is 2.24 bits per heavy atom. The zero-order chi connectivity index (χ0) is 12.8. The van der Waals surface area contributed by atoms with E-state index in [-0.39, 0.29) is 5.91 Å². The first-order valence-electron chi connectivity index (χ1n) is 5.81. The van der Waals surface area contributed by atoms with Crippen LogP contribution in [-0.4, -0.2) is 17.0 Å². The molecule has 3 nitrogen and oxygen atoms in total. The molecule has 1 aromatic rings. The smallest absolute Gasteiger partial charge is 0.268 e. The highest BCUT2D eigenvalue weighted by atomic mass is 79.9. The number of hydrogen-bond donors (Lipinski definition) is 1. The molecule has 94 valence electrons. The number of allylic oxidation sites excluding steroid dienone is 1. The molecule has 0 radical (unpaired) electrons. The van der Waals surface area contributed by atoms with E-state index < -0.39 is 0 Å². The first-order valence-corrected chi connectivity index (χ1v) is 6.61. The Labute approximate surface area is 111 Å². The second-order valence-corrected chi connectivity index (χ2v) is 5.14. The van der Waals surface area contributed by atoms with Crippen LogP contribution >= 0.6 is 15.9 Å². The van der Waals surface area contributed by atoms with Crippen molar-refractivity contribution in [3.63, 3.8) is 0 Å². The summed E-state index contributed by atoms with van der Waals surface area (Å²) in [5.74, 6) is -0.0262. The lowest BCUT2D eigenvalue weighted by Gasteiger charge is -2.07. The normalized spacial score (nSPS) is 10.1. The van der Waals surface area contributed by atoms with Gasteiger partial charge in [-0.3, -0.25) is 4.79 Å². The monoisotopic (exact) mass is 298 g/mol. The molecule has 0 aliphatic carbocycles. The Morgan fingerprint density at radius 1 is 1.53 bits per heavy atom. The summed E-state index contributed by atoms with van der Waals surface area (Å²) in [5.41, 5.74) is 1.91. The first-order chi connectivity index (χ1) is 8.04. The number of halogens is 1. The van der Waals surface area contributed by atoms with Crippen molar-refractivity contribution < 1.29 is 4.79 Å². The Hall–Kier alpha value is -1.03. The van der Waals surface area contributed by atoms with Gasteiger partial charge in [-0.1, -0.05) is 18.6 Å². The molecule has 0 saturated carbocycles. The van der Waals surface area contributed by atoms with E-state index in [1.54, 1.807) is 0 Å². The van der Waals surface area contributed by atoms with E-state index in [0.717, 1.165) is 17.4 Å². The van der Waals surface area contributed by atoms with Crippen LogP contribution in [0, 0.1) is 0 Å². The molecular formula is C13H19BrN2O. The molecule has 0 aromatic carbocycles. The van der Waals surface area contributed by atoms with Gasteiger partial charge in [-0.2, -0.15) is 0 Å². The summed E-state index contributed by atoms with van der Waals surface area (Å²) in [6.07, 6.45) is 4.95. The van der Waals surface area contributed by atoms with Gasteiger partial charge >= 0.3 is 0 Å². The zero-order valence-corrected chi connectivity index (χ0v) is 12.2. The van der Waals surface area contributed by atoms with E-state index in [1.165, 1.54) is 5.57 Å². The van der Waals surface area contributed by atoms with E-state index in [2.05, 4.69) is 28.2 Å². The molecule has 0 bridgehead atoms. The van der Waals surface area contributed by atoms with Crippen LogP contribution in [0.2, 0.25) is 0 Å². The van der Waals surface area contributed by atoms with Crippen LogP contribution < -0.4 is 5.32 Å². The third-order valence-corrected chi connectivity index (χ3v) is 2.77. The SMILES string of the molecule is CCCn1cc(Br)cc1C(=O)NCC=C(C)C. The Kier molecular flexibility index (Phi) is 5.48. The van der Waals surface area contributed by atoms with Crippen molar-refractivity contribution in [3.8, 4) is 0 Å². The van der Waals surface area contributed by atoms with Gasteiger partial charge in [-0.25, -0.2) is 0 Å². The number of carbonyl (C=O) groups excluding carboxylic acids is 1. The second-order valence-electron chi connectivity index (χ2n) is 4.23. The van der Waals surface area contributed by atoms with Gasteiger partial charge in [0.1, 0.15) is 5.69 Å². The van der Waals surface area contributed by atoms with Crippen LogP contribution in [0.15, 0.2) is 28.4 Å². The molecule has 1 rings (SSSR count). The van der Waals surface area contributed by atoms with Crippen LogP contribution in [0.4, 0.5) is 0 Å².